The average molecular weight is 210 g/mol. The van der Waals surface area contributed by atoms with Crippen LogP contribution in [0.15, 0.2) is 0 Å². The molecule has 14 heavy (non-hydrogen) atoms. The Hall–Kier alpha value is -0.280. The first-order valence-electron chi connectivity index (χ1n) is 4.04. The number of aliphatic hydroxyl groups is 6. The molecule has 7 nitrogen and oxygen atoms in total. The summed E-state index contributed by atoms with van der Waals surface area (Å²) in [7, 11) is 0.990. The highest BCUT2D eigenvalue weighted by Crippen LogP contribution is 2.30. The van der Waals surface area contributed by atoms with Crippen molar-refractivity contribution >= 4 is 0 Å². The molecule has 0 saturated heterocycles. The first kappa shape index (κ1) is 11.8. The van der Waals surface area contributed by atoms with Gasteiger partial charge in [-0.15, -0.1) is 0 Å². The van der Waals surface area contributed by atoms with Crippen molar-refractivity contribution in [2.24, 2.45) is 0 Å². The zero-order valence-corrected chi connectivity index (χ0v) is 7.48. The highest BCUT2D eigenvalue weighted by molar-refractivity contribution is 5.03. The Bertz CT molecular complexity index is 192. The van der Waals surface area contributed by atoms with E-state index < -0.39 is 36.3 Å². The average Bonchev–Trinajstić information content (AvgIpc) is 2.21. The van der Waals surface area contributed by atoms with Crippen LogP contribution in [0.2, 0.25) is 0 Å². The summed E-state index contributed by atoms with van der Waals surface area (Å²) in [4.78, 5) is 0. The molecule has 6 atom stereocenters. The van der Waals surface area contributed by atoms with E-state index in [-0.39, 0.29) is 0 Å². The largest absolute Gasteiger partial charge is 0.387 e. The van der Waals surface area contributed by atoms with Gasteiger partial charge in [0.25, 0.3) is 0 Å². The Balaban J connectivity index is 2.98. The first-order valence-corrected chi connectivity index (χ1v) is 4.04. The summed E-state index contributed by atoms with van der Waals surface area (Å²) in [5.74, 6) is -2.49. The molecule has 0 aromatic rings. The molecule has 7 heteroatoms. The molecule has 1 rings (SSSR count). The van der Waals surface area contributed by atoms with Gasteiger partial charge in [-0.3, -0.25) is 0 Å². The van der Waals surface area contributed by atoms with Gasteiger partial charge < -0.3 is 35.4 Å². The monoisotopic (exact) mass is 210 g/mol. The number of hydrogen-bond donors (Lipinski definition) is 6. The van der Waals surface area contributed by atoms with E-state index in [9.17, 15) is 25.5 Å². The van der Waals surface area contributed by atoms with E-state index in [1.165, 1.54) is 0 Å². The van der Waals surface area contributed by atoms with Crippen LogP contribution in [-0.2, 0) is 4.74 Å². The smallest absolute Gasteiger partial charge is 0.224 e. The topological polar surface area (TPSA) is 131 Å². The van der Waals surface area contributed by atoms with Gasteiger partial charge in [0.15, 0.2) is 0 Å². The second kappa shape index (κ2) is 3.70. The van der Waals surface area contributed by atoms with Crippen molar-refractivity contribution in [3.8, 4) is 0 Å². The number of methoxy groups -OCH3 is 1. The van der Waals surface area contributed by atoms with Crippen LogP contribution in [0.3, 0.4) is 0 Å². The Morgan fingerprint density at radius 2 is 1.21 bits per heavy atom. The maximum absolute atomic E-state index is 9.52. The van der Waals surface area contributed by atoms with Gasteiger partial charge in [-0.2, -0.15) is 0 Å². The van der Waals surface area contributed by atoms with E-state index in [0.29, 0.717) is 0 Å². The summed E-state index contributed by atoms with van der Waals surface area (Å²) in [5, 5.41) is 55.6. The molecule has 0 radical (unpaired) electrons. The predicted molar refractivity (Wildman–Crippen MR) is 42.0 cm³/mol. The zero-order valence-electron chi connectivity index (χ0n) is 7.48. The Kier molecular flexibility index (Phi) is 3.12. The van der Waals surface area contributed by atoms with E-state index in [2.05, 4.69) is 4.74 Å². The van der Waals surface area contributed by atoms with Crippen LogP contribution in [0.25, 0.3) is 0 Å². The van der Waals surface area contributed by atoms with Gasteiger partial charge in [0, 0.05) is 7.11 Å². The van der Waals surface area contributed by atoms with Crippen LogP contribution >= 0.6 is 0 Å². The summed E-state index contributed by atoms with van der Waals surface area (Å²) in [5.41, 5.74) is 0. The maximum atomic E-state index is 9.52. The fourth-order valence-corrected chi connectivity index (χ4v) is 1.48. The molecular weight excluding hydrogens is 196 g/mol. The molecule has 2 unspecified atom stereocenters. The third-order valence-electron chi connectivity index (χ3n) is 2.52. The van der Waals surface area contributed by atoms with Gasteiger partial charge in [0.05, 0.1) is 0 Å². The molecule has 0 bridgehead atoms. The first-order chi connectivity index (χ1) is 6.36. The highest BCUT2D eigenvalue weighted by Gasteiger charge is 2.58. The van der Waals surface area contributed by atoms with Crippen molar-refractivity contribution in [3.63, 3.8) is 0 Å². The maximum Gasteiger partial charge on any atom is 0.224 e. The molecule has 1 aliphatic carbocycles. The lowest BCUT2D eigenvalue weighted by atomic mass is 9.82. The molecule has 84 valence electrons. The predicted octanol–water partition coefficient (Wildman–Crippen LogP) is -3.86. The van der Waals surface area contributed by atoms with Crippen molar-refractivity contribution in [3.05, 3.63) is 0 Å². The van der Waals surface area contributed by atoms with Crippen molar-refractivity contribution in [1.82, 2.24) is 0 Å². The standard InChI is InChI=1S/C7H14O7/c1-14-7(13)5(11)3(9)2(8)4(10)6(7)12/h2-6,8-13H,1H3/t2?,3-,4+,5-,6-,7?/m1/s1. The van der Waals surface area contributed by atoms with Crippen LogP contribution in [-0.4, -0.2) is 74.1 Å². The molecule has 0 heterocycles. The number of hydrogen-bond acceptors (Lipinski definition) is 7. The van der Waals surface area contributed by atoms with Crippen LogP contribution in [0.4, 0.5) is 0 Å². The quantitative estimate of drug-likeness (QED) is 0.244. The summed E-state index contributed by atoms with van der Waals surface area (Å²) < 4.78 is 4.42. The molecule has 0 aromatic heterocycles. The number of aliphatic hydroxyl groups excluding tert-OH is 5. The summed E-state index contributed by atoms with van der Waals surface area (Å²) in [6.07, 6.45) is -9.13. The van der Waals surface area contributed by atoms with Gasteiger partial charge in [-0.25, -0.2) is 0 Å². The summed E-state index contributed by atoms with van der Waals surface area (Å²) in [6.45, 7) is 0. The molecular formula is C7H14O7. The molecule has 6 N–H and O–H groups in total. The zero-order chi connectivity index (χ0) is 11.1. The second-order valence-corrected chi connectivity index (χ2v) is 3.32. The Morgan fingerprint density at radius 3 is 1.50 bits per heavy atom. The van der Waals surface area contributed by atoms with Crippen molar-refractivity contribution in [1.29, 1.82) is 0 Å². The molecule has 0 aliphatic heterocycles. The van der Waals surface area contributed by atoms with Crippen LogP contribution in [0.5, 0.6) is 0 Å². The normalized spacial score (nSPS) is 54.6. The third-order valence-corrected chi connectivity index (χ3v) is 2.52. The molecule has 1 fully saturated rings. The minimum atomic E-state index is -2.49. The summed E-state index contributed by atoms with van der Waals surface area (Å²) >= 11 is 0. The van der Waals surface area contributed by atoms with Gasteiger partial charge >= 0.3 is 0 Å². The van der Waals surface area contributed by atoms with E-state index >= 15 is 0 Å². The van der Waals surface area contributed by atoms with Gasteiger partial charge in [0.2, 0.25) is 5.79 Å². The lowest BCUT2D eigenvalue weighted by Gasteiger charge is -2.46. The Labute approximate surface area is 79.8 Å². The SMILES string of the molecule is COC1(O)[C@H](O)[C@H](O)C(O)[C@H](O)[C@H]1O. The molecule has 0 spiro atoms. The minimum absolute atomic E-state index is 0.990. The fraction of sp³-hybridized carbons (Fsp3) is 1.00. The molecule has 0 aromatic carbocycles. The summed E-state index contributed by atoms with van der Waals surface area (Å²) in [6, 6.07) is 0. The molecule has 0 amide bonds. The lowest BCUT2D eigenvalue weighted by molar-refractivity contribution is -0.353. The fourth-order valence-electron chi connectivity index (χ4n) is 1.48. The van der Waals surface area contributed by atoms with Crippen LogP contribution < -0.4 is 0 Å². The molecule has 1 saturated carbocycles. The van der Waals surface area contributed by atoms with Gasteiger partial charge in [0.1, 0.15) is 30.5 Å². The molecule has 1 aliphatic rings. The van der Waals surface area contributed by atoms with E-state index in [1.54, 1.807) is 0 Å². The van der Waals surface area contributed by atoms with Crippen LogP contribution in [0.1, 0.15) is 0 Å². The van der Waals surface area contributed by atoms with Crippen molar-refractivity contribution in [2.75, 3.05) is 7.11 Å². The van der Waals surface area contributed by atoms with Gasteiger partial charge in [-0.1, -0.05) is 0 Å². The van der Waals surface area contributed by atoms with Crippen molar-refractivity contribution < 1.29 is 35.4 Å². The number of rotatable bonds is 1. The number of ether oxygens (including phenoxy) is 1. The van der Waals surface area contributed by atoms with Crippen molar-refractivity contribution in [2.45, 2.75) is 36.3 Å². The Morgan fingerprint density at radius 1 is 0.857 bits per heavy atom. The van der Waals surface area contributed by atoms with E-state index in [4.69, 9.17) is 5.11 Å². The second-order valence-electron chi connectivity index (χ2n) is 3.32. The van der Waals surface area contributed by atoms with Gasteiger partial charge in [-0.05, 0) is 0 Å². The highest BCUT2D eigenvalue weighted by atomic mass is 16.6. The lowest BCUT2D eigenvalue weighted by Crippen LogP contribution is -2.71. The van der Waals surface area contributed by atoms with E-state index in [0.717, 1.165) is 7.11 Å². The van der Waals surface area contributed by atoms with Crippen LogP contribution in [0, 0.1) is 0 Å². The third kappa shape index (κ3) is 1.43. The van der Waals surface area contributed by atoms with E-state index in [1.807, 2.05) is 0 Å². The minimum Gasteiger partial charge on any atom is -0.387 e.